The summed E-state index contributed by atoms with van der Waals surface area (Å²) >= 11 is 11.3. The fraction of sp³-hybridized carbons (Fsp3) is 0.333. The predicted molar refractivity (Wildman–Crippen MR) is 54.8 cm³/mol. The number of nitrogens with zero attached hydrogens (tertiary/aromatic N) is 1. The van der Waals surface area contributed by atoms with Gasteiger partial charge in [-0.05, 0) is 26.0 Å². The number of carbonyl (C=O) groups excluding carboxylic acids is 1. The summed E-state index contributed by atoms with van der Waals surface area (Å²) in [6.45, 7) is 3.52. The van der Waals surface area contributed by atoms with Crippen molar-refractivity contribution in [2.75, 3.05) is 0 Å². The van der Waals surface area contributed by atoms with Gasteiger partial charge in [0.1, 0.15) is 10.8 Å². The number of halogens is 2. The lowest BCUT2D eigenvalue weighted by molar-refractivity contribution is 0.0371. The average Bonchev–Trinajstić information content (AvgIpc) is 2.08. The maximum atomic E-state index is 11.3. The molecule has 1 rings (SSSR count). The number of ether oxygens (including phenoxy) is 1. The Bertz CT molecular complexity index is 353. The third kappa shape index (κ3) is 2.86. The lowest BCUT2D eigenvalue weighted by Gasteiger charge is -2.07. The molecule has 0 aliphatic carbocycles. The molecule has 1 heterocycles. The van der Waals surface area contributed by atoms with Crippen LogP contribution in [0.1, 0.15) is 24.3 Å². The minimum Gasteiger partial charge on any atom is -0.458 e. The van der Waals surface area contributed by atoms with Crippen LogP contribution in [0.25, 0.3) is 0 Å². The lowest BCUT2D eigenvalue weighted by Crippen LogP contribution is -2.13. The molecule has 1 aromatic rings. The molecule has 14 heavy (non-hydrogen) atoms. The van der Waals surface area contributed by atoms with Gasteiger partial charge in [0.15, 0.2) is 0 Å². The molecule has 0 saturated carbocycles. The topological polar surface area (TPSA) is 39.2 Å². The molecule has 0 N–H and O–H groups in total. The molecule has 0 spiro atoms. The van der Waals surface area contributed by atoms with Gasteiger partial charge in [-0.25, -0.2) is 9.78 Å². The normalized spacial score (nSPS) is 10.4. The second-order valence-electron chi connectivity index (χ2n) is 2.92. The van der Waals surface area contributed by atoms with Gasteiger partial charge < -0.3 is 4.74 Å². The number of esters is 1. The van der Waals surface area contributed by atoms with E-state index in [1.54, 1.807) is 13.8 Å². The van der Waals surface area contributed by atoms with Crippen LogP contribution in [0.5, 0.6) is 0 Å². The molecule has 0 amide bonds. The van der Waals surface area contributed by atoms with E-state index in [1.807, 2.05) is 0 Å². The molecule has 0 radical (unpaired) electrons. The van der Waals surface area contributed by atoms with Gasteiger partial charge in [-0.2, -0.15) is 0 Å². The van der Waals surface area contributed by atoms with Crippen molar-refractivity contribution in [3.63, 3.8) is 0 Å². The second-order valence-corrected chi connectivity index (χ2v) is 3.69. The quantitative estimate of drug-likeness (QED) is 0.583. The molecular formula is C9H9Cl2NO2. The summed E-state index contributed by atoms with van der Waals surface area (Å²) in [4.78, 5) is 15.1. The van der Waals surface area contributed by atoms with Crippen molar-refractivity contribution in [1.82, 2.24) is 4.98 Å². The first-order valence-corrected chi connectivity index (χ1v) is 4.79. The summed E-state index contributed by atoms with van der Waals surface area (Å²) < 4.78 is 4.93. The number of aromatic nitrogens is 1. The van der Waals surface area contributed by atoms with E-state index < -0.39 is 5.97 Å². The van der Waals surface area contributed by atoms with E-state index in [0.29, 0.717) is 5.02 Å². The van der Waals surface area contributed by atoms with Crippen LogP contribution < -0.4 is 0 Å². The summed E-state index contributed by atoms with van der Waals surface area (Å²) in [5.41, 5.74) is 0.160. The highest BCUT2D eigenvalue weighted by Gasteiger charge is 2.12. The third-order valence-electron chi connectivity index (χ3n) is 1.36. The average molecular weight is 234 g/mol. The van der Waals surface area contributed by atoms with Crippen molar-refractivity contribution in [2.24, 2.45) is 0 Å². The van der Waals surface area contributed by atoms with E-state index in [4.69, 9.17) is 27.9 Å². The zero-order chi connectivity index (χ0) is 10.7. The van der Waals surface area contributed by atoms with Gasteiger partial charge in [0, 0.05) is 0 Å². The van der Waals surface area contributed by atoms with E-state index in [9.17, 15) is 4.79 Å². The van der Waals surface area contributed by atoms with E-state index in [1.165, 1.54) is 12.1 Å². The van der Waals surface area contributed by atoms with Crippen molar-refractivity contribution in [2.45, 2.75) is 20.0 Å². The predicted octanol–water partition coefficient (Wildman–Crippen LogP) is 2.95. The highest BCUT2D eigenvalue weighted by Crippen LogP contribution is 2.19. The van der Waals surface area contributed by atoms with Gasteiger partial charge in [0.25, 0.3) is 0 Å². The highest BCUT2D eigenvalue weighted by atomic mass is 35.5. The first-order chi connectivity index (χ1) is 6.50. The second kappa shape index (κ2) is 4.62. The Balaban J connectivity index is 2.86. The largest absolute Gasteiger partial charge is 0.458 e. The Hall–Kier alpha value is -0.800. The van der Waals surface area contributed by atoms with Crippen molar-refractivity contribution >= 4 is 29.2 Å². The summed E-state index contributed by atoms with van der Waals surface area (Å²) in [5.74, 6) is -0.501. The molecule has 0 atom stereocenters. The van der Waals surface area contributed by atoms with Crippen LogP contribution in [0.15, 0.2) is 12.1 Å². The Kier molecular flexibility index (Phi) is 3.72. The maximum absolute atomic E-state index is 11.3. The van der Waals surface area contributed by atoms with E-state index in [2.05, 4.69) is 4.98 Å². The highest BCUT2D eigenvalue weighted by molar-refractivity contribution is 6.41. The number of carbonyl (C=O) groups is 1. The van der Waals surface area contributed by atoms with Crippen LogP contribution in [-0.4, -0.2) is 17.1 Å². The minimum absolute atomic E-state index is 0.102. The van der Waals surface area contributed by atoms with Crippen molar-refractivity contribution in [3.8, 4) is 0 Å². The van der Waals surface area contributed by atoms with Gasteiger partial charge in [0.05, 0.1) is 11.1 Å². The molecule has 0 bridgehead atoms. The SMILES string of the molecule is CC(C)OC(=O)c1ccc(Cl)c(Cl)n1. The lowest BCUT2D eigenvalue weighted by atomic mass is 10.3. The van der Waals surface area contributed by atoms with Gasteiger partial charge in [0.2, 0.25) is 0 Å². The summed E-state index contributed by atoms with van der Waals surface area (Å²) in [7, 11) is 0. The fourth-order valence-electron chi connectivity index (χ4n) is 0.805. The van der Waals surface area contributed by atoms with Crippen LogP contribution in [0.3, 0.4) is 0 Å². The Morgan fingerprint density at radius 1 is 1.43 bits per heavy atom. The molecule has 0 unspecified atom stereocenters. The minimum atomic E-state index is -0.501. The molecule has 5 heteroatoms. The smallest absolute Gasteiger partial charge is 0.357 e. The standard InChI is InChI=1S/C9H9Cl2NO2/c1-5(2)14-9(13)7-4-3-6(10)8(11)12-7/h3-5H,1-2H3. The first-order valence-electron chi connectivity index (χ1n) is 4.03. The molecule has 1 aromatic heterocycles. The van der Waals surface area contributed by atoms with Crippen molar-refractivity contribution < 1.29 is 9.53 Å². The molecule has 0 fully saturated rings. The van der Waals surface area contributed by atoms with E-state index >= 15 is 0 Å². The summed E-state index contributed by atoms with van der Waals surface area (Å²) in [5, 5.41) is 0.414. The van der Waals surface area contributed by atoms with Crippen LogP contribution in [0.4, 0.5) is 0 Å². The Morgan fingerprint density at radius 2 is 2.07 bits per heavy atom. The van der Waals surface area contributed by atoms with Crippen LogP contribution in [0, 0.1) is 0 Å². The van der Waals surface area contributed by atoms with Gasteiger partial charge >= 0.3 is 5.97 Å². The maximum Gasteiger partial charge on any atom is 0.357 e. The number of rotatable bonds is 2. The van der Waals surface area contributed by atoms with Gasteiger partial charge in [-0.15, -0.1) is 0 Å². The molecule has 0 aliphatic heterocycles. The van der Waals surface area contributed by atoms with Gasteiger partial charge in [-0.3, -0.25) is 0 Å². The molecular weight excluding hydrogens is 225 g/mol. The molecule has 0 aromatic carbocycles. The van der Waals surface area contributed by atoms with E-state index in [-0.39, 0.29) is 17.0 Å². The van der Waals surface area contributed by atoms with E-state index in [0.717, 1.165) is 0 Å². The van der Waals surface area contributed by atoms with Gasteiger partial charge in [-0.1, -0.05) is 23.2 Å². The van der Waals surface area contributed by atoms with Crippen LogP contribution in [-0.2, 0) is 4.74 Å². The molecule has 0 saturated heterocycles. The molecule has 76 valence electrons. The number of hydrogen-bond acceptors (Lipinski definition) is 3. The Labute approximate surface area is 92.0 Å². The summed E-state index contributed by atoms with van der Waals surface area (Å²) in [6.07, 6.45) is -0.182. The van der Waals surface area contributed by atoms with Crippen LogP contribution >= 0.6 is 23.2 Å². The number of pyridine rings is 1. The fourth-order valence-corrected chi connectivity index (χ4v) is 1.06. The third-order valence-corrected chi connectivity index (χ3v) is 2.04. The van der Waals surface area contributed by atoms with Crippen molar-refractivity contribution in [3.05, 3.63) is 28.0 Å². The first kappa shape index (κ1) is 11.3. The zero-order valence-corrected chi connectivity index (χ0v) is 9.26. The molecule has 0 aliphatic rings. The van der Waals surface area contributed by atoms with Crippen LogP contribution in [0.2, 0.25) is 10.2 Å². The Morgan fingerprint density at radius 3 is 2.57 bits per heavy atom. The van der Waals surface area contributed by atoms with Crippen molar-refractivity contribution in [1.29, 1.82) is 0 Å². The summed E-state index contributed by atoms with van der Waals surface area (Å²) in [6, 6.07) is 2.98. The monoisotopic (exact) mass is 233 g/mol. The molecule has 3 nitrogen and oxygen atoms in total. The number of hydrogen-bond donors (Lipinski definition) is 0. The zero-order valence-electron chi connectivity index (χ0n) is 7.75.